The summed E-state index contributed by atoms with van der Waals surface area (Å²) in [5, 5.41) is 0. The van der Waals surface area contributed by atoms with Crippen molar-refractivity contribution in [1.29, 1.82) is 0 Å². The van der Waals surface area contributed by atoms with Gasteiger partial charge in [0.1, 0.15) is 18.8 Å². The Morgan fingerprint density at radius 2 is 2.19 bits per heavy atom. The van der Waals surface area contributed by atoms with Gasteiger partial charge in [-0.05, 0) is 0 Å². The van der Waals surface area contributed by atoms with Crippen molar-refractivity contribution in [2.75, 3.05) is 42.6 Å². The quantitative estimate of drug-likeness (QED) is 0.820. The van der Waals surface area contributed by atoms with E-state index in [-0.39, 0.29) is 0 Å². The SMILES string of the molecule is NCCOc1cc(N2CCSCC2)ncn1. The van der Waals surface area contributed by atoms with E-state index in [0.717, 1.165) is 30.4 Å². The number of hydrogen-bond donors (Lipinski definition) is 1. The highest BCUT2D eigenvalue weighted by Crippen LogP contribution is 2.19. The van der Waals surface area contributed by atoms with Crippen LogP contribution >= 0.6 is 11.8 Å². The first-order valence-corrected chi connectivity index (χ1v) is 6.53. The Bertz CT molecular complexity index is 330. The Hall–Kier alpha value is -1.01. The Kier molecular flexibility index (Phi) is 4.24. The lowest BCUT2D eigenvalue weighted by molar-refractivity contribution is 0.315. The molecule has 88 valence electrons. The molecule has 0 saturated carbocycles. The fraction of sp³-hybridized carbons (Fsp3) is 0.600. The van der Waals surface area contributed by atoms with Gasteiger partial charge < -0.3 is 15.4 Å². The van der Waals surface area contributed by atoms with Crippen LogP contribution in [0.25, 0.3) is 0 Å². The fourth-order valence-electron chi connectivity index (χ4n) is 1.54. The molecule has 16 heavy (non-hydrogen) atoms. The summed E-state index contributed by atoms with van der Waals surface area (Å²) in [6.45, 7) is 3.07. The van der Waals surface area contributed by atoms with Crippen molar-refractivity contribution in [1.82, 2.24) is 9.97 Å². The minimum absolute atomic E-state index is 0.492. The first-order valence-electron chi connectivity index (χ1n) is 5.38. The van der Waals surface area contributed by atoms with Gasteiger partial charge >= 0.3 is 0 Å². The molecule has 0 amide bonds. The second kappa shape index (κ2) is 5.91. The first kappa shape index (κ1) is 11.5. The fourth-order valence-corrected chi connectivity index (χ4v) is 2.44. The number of nitrogens with two attached hydrogens (primary N) is 1. The van der Waals surface area contributed by atoms with Gasteiger partial charge in [0.05, 0.1) is 0 Å². The number of hydrogen-bond acceptors (Lipinski definition) is 6. The second-order valence-electron chi connectivity index (χ2n) is 3.45. The topological polar surface area (TPSA) is 64.3 Å². The smallest absolute Gasteiger partial charge is 0.218 e. The summed E-state index contributed by atoms with van der Waals surface area (Å²) in [6, 6.07) is 1.88. The van der Waals surface area contributed by atoms with Crippen molar-refractivity contribution < 1.29 is 4.74 Å². The van der Waals surface area contributed by atoms with Crippen LogP contribution in [-0.2, 0) is 0 Å². The molecule has 0 spiro atoms. The first-order chi connectivity index (χ1) is 7.90. The Morgan fingerprint density at radius 3 is 2.94 bits per heavy atom. The number of nitrogens with zero attached hydrogens (tertiary/aromatic N) is 3. The predicted octanol–water partition coefficient (Wildman–Crippen LogP) is 0.367. The number of rotatable bonds is 4. The molecule has 1 aromatic heterocycles. The van der Waals surface area contributed by atoms with Crippen LogP contribution in [0.5, 0.6) is 5.88 Å². The number of thioether (sulfide) groups is 1. The molecule has 1 saturated heterocycles. The molecule has 0 atom stereocenters. The highest BCUT2D eigenvalue weighted by Gasteiger charge is 2.13. The summed E-state index contributed by atoms with van der Waals surface area (Å²) in [5.74, 6) is 3.86. The molecular weight excluding hydrogens is 224 g/mol. The summed E-state index contributed by atoms with van der Waals surface area (Å²) in [7, 11) is 0. The van der Waals surface area contributed by atoms with Crippen molar-refractivity contribution in [3.8, 4) is 5.88 Å². The Balaban J connectivity index is 2.02. The van der Waals surface area contributed by atoms with Crippen LogP contribution in [0, 0.1) is 0 Å². The van der Waals surface area contributed by atoms with E-state index in [1.807, 2.05) is 17.8 Å². The lowest BCUT2D eigenvalue weighted by atomic mass is 10.4. The largest absolute Gasteiger partial charge is 0.476 e. The third-order valence-electron chi connectivity index (χ3n) is 2.33. The molecule has 2 heterocycles. The van der Waals surface area contributed by atoms with Crippen molar-refractivity contribution in [3.63, 3.8) is 0 Å². The van der Waals surface area contributed by atoms with Gasteiger partial charge in [0, 0.05) is 37.2 Å². The highest BCUT2D eigenvalue weighted by atomic mass is 32.2. The van der Waals surface area contributed by atoms with Gasteiger partial charge in [0.2, 0.25) is 5.88 Å². The molecule has 6 heteroatoms. The Morgan fingerprint density at radius 1 is 1.38 bits per heavy atom. The molecule has 1 fully saturated rings. The zero-order valence-corrected chi connectivity index (χ0v) is 9.95. The summed E-state index contributed by atoms with van der Waals surface area (Å²) in [5.41, 5.74) is 5.38. The highest BCUT2D eigenvalue weighted by molar-refractivity contribution is 7.99. The van der Waals surface area contributed by atoms with Crippen molar-refractivity contribution >= 4 is 17.6 Å². The van der Waals surface area contributed by atoms with Gasteiger partial charge in [-0.15, -0.1) is 0 Å². The monoisotopic (exact) mass is 240 g/mol. The normalized spacial score (nSPS) is 16.2. The Labute approximate surface area is 99.4 Å². The maximum absolute atomic E-state index is 5.38. The van der Waals surface area contributed by atoms with E-state index in [1.54, 1.807) is 6.33 Å². The van der Waals surface area contributed by atoms with Gasteiger partial charge in [0.25, 0.3) is 0 Å². The molecule has 0 radical (unpaired) electrons. The molecule has 2 N–H and O–H groups in total. The van der Waals surface area contributed by atoms with E-state index in [4.69, 9.17) is 10.5 Å². The summed E-state index contributed by atoms with van der Waals surface area (Å²) < 4.78 is 5.38. The summed E-state index contributed by atoms with van der Waals surface area (Å²) in [6.07, 6.45) is 1.54. The van der Waals surface area contributed by atoms with Gasteiger partial charge in [-0.3, -0.25) is 0 Å². The van der Waals surface area contributed by atoms with Crippen molar-refractivity contribution in [2.24, 2.45) is 5.73 Å². The predicted molar refractivity (Wildman–Crippen MR) is 66.1 cm³/mol. The molecule has 5 nitrogen and oxygen atoms in total. The molecule has 0 aromatic carbocycles. The zero-order valence-electron chi connectivity index (χ0n) is 9.13. The van der Waals surface area contributed by atoms with Crippen molar-refractivity contribution in [2.45, 2.75) is 0 Å². The van der Waals surface area contributed by atoms with Crippen molar-refractivity contribution in [3.05, 3.63) is 12.4 Å². The van der Waals surface area contributed by atoms with Crippen LogP contribution < -0.4 is 15.4 Å². The lowest BCUT2D eigenvalue weighted by Gasteiger charge is -2.27. The summed E-state index contributed by atoms with van der Waals surface area (Å²) in [4.78, 5) is 10.6. The molecule has 0 unspecified atom stereocenters. The average molecular weight is 240 g/mol. The molecule has 1 aromatic rings. The minimum atomic E-state index is 0.492. The van der Waals surface area contributed by atoms with Crippen LogP contribution in [0.4, 0.5) is 5.82 Å². The van der Waals surface area contributed by atoms with E-state index in [9.17, 15) is 0 Å². The molecule has 1 aliphatic heterocycles. The molecule has 0 bridgehead atoms. The lowest BCUT2D eigenvalue weighted by Crippen LogP contribution is -2.33. The van der Waals surface area contributed by atoms with Gasteiger partial charge in [-0.2, -0.15) is 11.8 Å². The third-order valence-corrected chi connectivity index (χ3v) is 3.27. The molecule has 0 aliphatic carbocycles. The molecule has 2 rings (SSSR count). The third kappa shape index (κ3) is 2.99. The van der Waals surface area contributed by atoms with Crippen LogP contribution in [0.2, 0.25) is 0 Å². The average Bonchev–Trinajstić information content (AvgIpc) is 2.38. The second-order valence-corrected chi connectivity index (χ2v) is 4.68. The standard InChI is InChI=1S/C10H16N4OS/c11-1-4-15-10-7-9(12-8-13-10)14-2-5-16-6-3-14/h7-8H,1-6,11H2. The maximum Gasteiger partial charge on any atom is 0.218 e. The van der Waals surface area contributed by atoms with Gasteiger partial charge in [-0.25, -0.2) is 9.97 Å². The zero-order chi connectivity index (χ0) is 11.2. The number of aromatic nitrogens is 2. The van der Waals surface area contributed by atoms with E-state index in [1.165, 1.54) is 0 Å². The van der Waals surface area contributed by atoms with Gasteiger partial charge in [-0.1, -0.05) is 0 Å². The van der Waals surface area contributed by atoms with Gasteiger partial charge in [0.15, 0.2) is 0 Å². The summed E-state index contributed by atoms with van der Waals surface area (Å²) >= 11 is 1.98. The molecular formula is C10H16N4OS. The minimum Gasteiger partial charge on any atom is -0.476 e. The van der Waals surface area contributed by atoms with E-state index < -0.39 is 0 Å². The molecule has 1 aliphatic rings. The van der Waals surface area contributed by atoms with E-state index in [0.29, 0.717) is 19.0 Å². The van der Waals surface area contributed by atoms with Crippen LogP contribution in [-0.4, -0.2) is 47.7 Å². The van der Waals surface area contributed by atoms with Crippen LogP contribution in [0.1, 0.15) is 0 Å². The maximum atomic E-state index is 5.38. The van der Waals surface area contributed by atoms with E-state index in [2.05, 4.69) is 14.9 Å². The number of ether oxygens (including phenoxy) is 1. The van der Waals surface area contributed by atoms with E-state index >= 15 is 0 Å². The van der Waals surface area contributed by atoms with Crippen LogP contribution in [0.3, 0.4) is 0 Å². The van der Waals surface area contributed by atoms with Crippen LogP contribution in [0.15, 0.2) is 12.4 Å². The number of anilines is 1.